The maximum absolute atomic E-state index is 5.61. The smallest absolute Gasteiger partial charge is 0.226 e. The van der Waals surface area contributed by atoms with Gasteiger partial charge in [-0.05, 0) is 62.7 Å². The van der Waals surface area contributed by atoms with Crippen molar-refractivity contribution in [3.05, 3.63) is 11.7 Å². The van der Waals surface area contributed by atoms with Gasteiger partial charge in [0.05, 0.1) is 0 Å². The number of nitrogens with zero attached hydrogens (tertiary/aromatic N) is 2. The second-order valence-corrected chi connectivity index (χ2v) is 10.8. The third-order valence-electron chi connectivity index (χ3n) is 8.37. The molecule has 0 saturated heterocycles. The minimum Gasteiger partial charge on any atom is -0.339 e. The molecule has 2 fully saturated rings. The van der Waals surface area contributed by atoms with Gasteiger partial charge in [0.2, 0.25) is 5.89 Å². The molecule has 3 nitrogen and oxygen atoms in total. The molecule has 1 aromatic rings. The van der Waals surface area contributed by atoms with E-state index in [1.54, 1.807) is 0 Å². The lowest BCUT2D eigenvalue weighted by Gasteiger charge is -2.37. The predicted octanol–water partition coefficient (Wildman–Crippen LogP) is 9.02. The number of aryl methyl sites for hydroxylation is 1. The van der Waals surface area contributed by atoms with Gasteiger partial charge >= 0.3 is 0 Å². The first-order valence-corrected chi connectivity index (χ1v) is 14.1. The fraction of sp³-hybridized carbons (Fsp3) is 0.929. The molecule has 3 rings (SSSR count). The molecule has 0 radical (unpaired) electrons. The van der Waals surface area contributed by atoms with Crippen molar-refractivity contribution in [1.29, 1.82) is 0 Å². The summed E-state index contributed by atoms with van der Waals surface area (Å²) in [6, 6.07) is 0. The molecule has 0 amide bonds. The molecular formula is C28H50N2O. The minimum absolute atomic E-state index is 0.549. The first-order chi connectivity index (χ1) is 15.3. The van der Waals surface area contributed by atoms with E-state index in [2.05, 4.69) is 19.0 Å². The van der Waals surface area contributed by atoms with E-state index in [1.807, 2.05) is 0 Å². The van der Waals surface area contributed by atoms with E-state index in [1.165, 1.54) is 122 Å². The molecule has 0 unspecified atom stereocenters. The number of rotatable bonds is 14. The Morgan fingerprint density at radius 1 is 0.677 bits per heavy atom. The molecule has 0 aromatic carbocycles. The van der Waals surface area contributed by atoms with Crippen LogP contribution in [0, 0.1) is 17.8 Å². The van der Waals surface area contributed by atoms with Gasteiger partial charge in [-0.15, -0.1) is 0 Å². The fourth-order valence-corrected chi connectivity index (χ4v) is 6.33. The largest absolute Gasteiger partial charge is 0.339 e. The Kier molecular flexibility index (Phi) is 11.4. The third kappa shape index (κ3) is 8.54. The van der Waals surface area contributed by atoms with Gasteiger partial charge in [0, 0.05) is 12.3 Å². The Hall–Kier alpha value is -0.860. The van der Waals surface area contributed by atoms with Gasteiger partial charge in [0.15, 0.2) is 5.82 Å². The SMILES string of the molecule is CCCCCCCCCCCc1nc(C2CCC(C3CCC(CCC)CC3)CC2)no1. The highest BCUT2D eigenvalue weighted by Gasteiger charge is 2.32. The molecule has 178 valence electrons. The van der Waals surface area contributed by atoms with E-state index in [4.69, 9.17) is 9.51 Å². The molecule has 2 saturated carbocycles. The summed E-state index contributed by atoms with van der Waals surface area (Å²) in [5.41, 5.74) is 0. The first-order valence-electron chi connectivity index (χ1n) is 14.1. The van der Waals surface area contributed by atoms with Crippen LogP contribution in [0.2, 0.25) is 0 Å². The van der Waals surface area contributed by atoms with E-state index >= 15 is 0 Å². The summed E-state index contributed by atoms with van der Waals surface area (Å²) in [5.74, 6) is 5.44. The van der Waals surface area contributed by atoms with Crippen LogP contribution in [0.5, 0.6) is 0 Å². The van der Waals surface area contributed by atoms with Crippen LogP contribution < -0.4 is 0 Å². The molecule has 2 aliphatic rings. The normalized spacial score (nSPS) is 26.9. The Balaban J connectivity index is 1.27. The third-order valence-corrected chi connectivity index (χ3v) is 8.37. The molecule has 3 heteroatoms. The van der Waals surface area contributed by atoms with Crippen molar-refractivity contribution in [3.63, 3.8) is 0 Å². The van der Waals surface area contributed by atoms with Crippen LogP contribution in [0.25, 0.3) is 0 Å². The molecule has 0 N–H and O–H groups in total. The summed E-state index contributed by atoms with van der Waals surface area (Å²) in [6.45, 7) is 4.63. The molecule has 2 aliphatic carbocycles. The average Bonchev–Trinajstić information content (AvgIpc) is 3.28. The van der Waals surface area contributed by atoms with Crippen molar-refractivity contribution in [2.24, 2.45) is 17.8 Å². The Morgan fingerprint density at radius 3 is 1.87 bits per heavy atom. The highest BCUT2D eigenvalue weighted by Crippen LogP contribution is 2.44. The van der Waals surface area contributed by atoms with Crippen LogP contribution in [0.1, 0.15) is 153 Å². The van der Waals surface area contributed by atoms with Gasteiger partial charge in [-0.25, -0.2) is 0 Å². The van der Waals surface area contributed by atoms with Gasteiger partial charge in [0.1, 0.15) is 0 Å². The lowest BCUT2D eigenvalue weighted by Crippen LogP contribution is -2.25. The highest BCUT2D eigenvalue weighted by atomic mass is 16.5. The number of hydrogen-bond donors (Lipinski definition) is 0. The van der Waals surface area contributed by atoms with E-state index in [9.17, 15) is 0 Å². The summed E-state index contributed by atoms with van der Waals surface area (Å²) >= 11 is 0. The standard InChI is InChI=1S/C28H50N2O/c1-3-5-6-7-8-9-10-11-12-14-27-29-28(30-31-27)26-21-19-25(20-22-26)24-17-15-23(13-4-2)16-18-24/h23-26H,3-22H2,1-2H3. The summed E-state index contributed by atoms with van der Waals surface area (Å²) in [6.07, 6.45) is 27.3. The van der Waals surface area contributed by atoms with Crippen LogP contribution in [0.3, 0.4) is 0 Å². The quantitative estimate of drug-likeness (QED) is 0.276. The van der Waals surface area contributed by atoms with Crippen molar-refractivity contribution < 1.29 is 4.52 Å². The first kappa shape index (κ1) is 24.8. The van der Waals surface area contributed by atoms with Gasteiger partial charge in [0.25, 0.3) is 0 Å². The molecule has 0 atom stereocenters. The number of unbranched alkanes of at least 4 members (excludes halogenated alkanes) is 8. The van der Waals surface area contributed by atoms with Gasteiger partial charge in [-0.2, -0.15) is 4.98 Å². The molecule has 1 heterocycles. The summed E-state index contributed by atoms with van der Waals surface area (Å²) in [5, 5.41) is 4.38. The molecule has 0 bridgehead atoms. The molecule has 31 heavy (non-hydrogen) atoms. The van der Waals surface area contributed by atoms with Crippen molar-refractivity contribution >= 4 is 0 Å². The van der Waals surface area contributed by atoms with E-state index < -0.39 is 0 Å². The molecule has 1 aromatic heterocycles. The van der Waals surface area contributed by atoms with Crippen LogP contribution in [-0.2, 0) is 6.42 Å². The van der Waals surface area contributed by atoms with Crippen molar-refractivity contribution in [2.75, 3.05) is 0 Å². The maximum Gasteiger partial charge on any atom is 0.226 e. The monoisotopic (exact) mass is 430 g/mol. The lowest BCUT2D eigenvalue weighted by atomic mass is 9.68. The zero-order chi connectivity index (χ0) is 21.7. The average molecular weight is 431 g/mol. The molecule has 0 spiro atoms. The van der Waals surface area contributed by atoms with Crippen LogP contribution in [-0.4, -0.2) is 10.1 Å². The Labute approximate surface area is 192 Å². The van der Waals surface area contributed by atoms with E-state index in [0.29, 0.717) is 5.92 Å². The molecule has 0 aliphatic heterocycles. The van der Waals surface area contributed by atoms with Crippen molar-refractivity contribution in [2.45, 2.75) is 148 Å². The second-order valence-electron chi connectivity index (χ2n) is 10.8. The Bertz CT molecular complexity index is 567. The van der Waals surface area contributed by atoms with Gasteiger partial charge < -0.3 is 4.52 Å². The molecular weight excluding hydrogens is 380 g/mol. The fourth-order valence-electron chi connectivity index (χ4n) is 6.33. The zero-order valence-corrected chi connectivity index (χ0v) is 20.8. The van der Waals surface area contributed by atoms with Crippen LogP contribution in [0.15, 0.2) is 4.52 Å². The van der Waals surface area contributed by atoms with Gasteiger partial charge in [-0.1, -0.05) is 96.1 Å². The van der Waals surface area contributed by atoms with E-state index in [-0.39, 0.29) is 0 Å². The minimum atomic E-state index is 0.549. The topological polar surface area (TPSA) is 38.9 Å². The maximum atomic E-state index is 5.61. The summed E-state index contributed by atoms with van der Waals surface area (Å²) < 4.78 is 5.61. The van der Waals surface area contributed by atoms with Crippen molar-refractivity contribution in [1.82, 2.24) is 10.1 Å². The van der Waals surface area contributed by atoms with E-state index in [0.717, 1.165) is 35.9 Å². The number of hydrogen-bond acceptors (Lipinski definition) is 3. The summed E-state index contributed by atoms with van der Waals surface area (Å²) in [7, 11) is 0. The lowest BCUT2D eigenvalue weighted by molar-refractivity contribution is 0.155. The summed E-state index contributed by atoms with van der Waals surface area (Å²) in [4.78, 5) is 4.79. The van der Waals surface area contributed by atoms with Crippen molar-refractivity contribution in [3.8, 4) is 0 Å². The van der Waals surface area contributed by atoms with Gasteiger partial charge in [-0.3, -0.25) is 0 Å². The second kappa shape index (κ2) is 14.3. The van der Waals surface area contributed by atoms with Crippen LogP contribution in [0.4, 0.5) is 0 Å². The Morgan fingerprint density at radius 2 is 1.26 bits per heavy atom. The predicted molar refractivity (Wildman–Crippen MR) is 130 cm³/mol. The highest BCUT2D eigenvalue weighted by molar-refractivity contribution is 4.98. The number of aromatic nitrogens is 2. The van der Waals surface area contributed by atoms with Crippen LogP contribution >= 0.6 is 0 Å². The zero-order valence-electron chi connectivity index (χ0n) is 20.8.